The molecule has 1 heterocycles. The lowest BCUT2D eigenvalue weighted by Gasteiger charge is -2.35. The molecule has 1 saturated heterocycles. The van der Waals surface area contributed by atoms with Crippen LogP contribution in [-0.4, -0.2) is 49.1 Å². The van der Waals surface area contributed by atoms with Gasteiger partial charge in [-0.1, -0.05) is 65.7 Å². The fraction of sp³-hybridized carbons (Fsp3) is 1.00. The summed E-state index contributed by atoms with van der Waals surface area (Å²) in [4.78, 5) is 5.31. The largest absolute Gasteiger partial charge is 0.301 e. The third-order valence-corrected chi connectivity index (χ3v) is 4.42. The van der Waals surface area contributed by atoms with Crippen LogP contribution in [0.2, 0.25) is 0 Å². The van der Waals surface area contributed by atoms with Gasteiger partial charge >= 0.3 is 0 Å². The molecule has 2 heteroatoms. The van der Waals surface area contributed by atoms with Crippen molar-refractivity contribution in [1.82, 2.24) is 9.80 Å². The summed E-state index contributed by atoms with van der Waals surface area (Å²) < 4.78 is 0. The first-order valence-corrected chi connectivity index (χ1v) is 9.17. The van der Waals surface area contributed by atoms with Crippen LogP contribution in [-0.2, 0) is 0 Å². The van der Waals surface area contributed by atoms with Crippen LogP contribution in [0.3, 0.4) is 0 Å². The minimum atomic E-state index is 0.814. The van der Waals surface area contributed by atoms with Crippen molar-refractivity contribution in [2.45, 2.75) is 72.1 Å². The van der Waals surface area contributed by atoms with E-state index in [1.165, 1.54) is 90.6 Å². The van der Waals surface area contributed by atoms with E-state index >= 15 is 0 Å². The van der Waals surface area contributed by atoms with Gasteiger partial charge < -0.3 is 9.80 Å². The van der Waals surface area contributed by atoms with Gasteiger partial charge in [-0.15, -0.1) is 0 Å². The fourth-order valence-corrected chi connectivity index (χ4v) is 3.18. The Morgan fingerprint density at radius 2 is 1.20 bits per heavy atom. The van der Waals surface area contributed by atoms with Gasteiger partial charge in [-0.2, -0.15) is 0 Å². The van der Waals surface area contributed by atoms with E-state index in [0.717, 1.165) is 5.92 Å². The zero-order chi connectivity index (χ0) is 14.6. The van der Waals surface area contributed by atoms with Crippen molar-refractivity contribution in [1.29, 1.82) is 0 Å². The zero-order valence-electron chi connectivity index (χ0n) is 14.4. The van der Waals surface area contributed by atoms with Crippen molar-refractivity contribution in [3.8, 4) is 0 Å². The highest BCUT2D eigenvalue weighted by molar-refractivity contribution is 4.72. The van der Waals surface area contributed by atoms with Gasteiger partial charge in [0.15, 0.2) is 0 Å². The molecule has 120 valence electrons. The molecule has 0 radical (unpaired) electrons. The van der Waals surface area contributed by atoms with Crippen LogP contribution in [0.1, 0.15) is 72.1 Å². The molecule has 2 nitrogen and oxygen atoms in total. The smallest absolute Gasteiger partial charge is 0.0110 e. The van der Waals surface area contributed by atoms with Gasteiger partial charge in [0.1, 0.15) is 0 Å². The van der Waals surface area contributed by atoms with Crippen LogP contribution >= 0.6 is 0 Å². The highest BCUT2D eigenvalue weighted by Crippen LogP contribution is 2.10. The van der Waals surface area contributed by atoms with E-state index in [0.29, 0.717) is 0 Å². The van der Waals surface area contributed by atoms with Crippen molar-refractivity contribution in [3.05, 3.63) is 0 Å². The number of unbranched alkanes of at least 4 members (excludes halogenated alkanes) is 7. The van der Waals surface area contributed by atoms with E-state index in [9.17, 15) is 0 Å². The van der Waals surface area contributed by atoms with Crippen molar-refractivity contribution >= 4 is 0 Å². The fourth-order valence-electron chi connectivity index (χ4n) is 3.18. The predicted octanol–water partition coefficient (Wildman–Crippen LogP) is 4.40. The lowest BCUT2D eigenvalue weighted by Crippen LogP contribution is -2.47. The molecule has 0 N–H and O–H groups in total. The maximum absolute atomic E-state index is 2.67. The van der Waals surface area contributed by atoms with Crippen LogP contribution < -0.4 is 0 Å². The normalized spacial score (nSPS) is 18.0. The third-order valence-electron chi connectivity index (χ3n) is 4.42. The van der Waals surface area contributed by atoms with E-state index < -0.39 is 0 Å². The molecular weight excluding hydrogens is 244 g/mol. The van der Waals surface area contributed by atoms with Gasteiger partial charge in [0, 0.05) is 32.7 Å². The van der Waals surface area contributed by atoms with Gasteiger partial charge in [0.25, 0.3) is 0 Å². The average molecular weight is 283 g/mol. The molecule has 1 rings (SSSR count). The van der Waals surface area contributed by atoms with Gasteiger partial charge in [-0.25, -0.2) is 0 Å². The summed E-state index contributed by atoms with van der Waals surface area (Å²) in [6.45, 7) is 14.7. The van der Waals surface area contributed by atoms with Crippen LogP contribution in [0.25, 0.3) is 0 Å². The highest BCUT2D eigenvalue weighted by Gasteiger charge is 2.16. The molecule has 0 atom stereocenters. The van der Waals surface area contributed by atoms with Gasteiger partial charge in [0.05, 0.1) is 0 Å². The summed E-state index contributed by atoms with van der Waals surface area (Å²) in [5, 5.41) is 0. The van der Waals surface area contributed by atoms with Crippen molar-refractivity contribution < 1.29 is 0 Å². The van der Waals surface area contributed by atoms with Crippen LogP contribution in [0, 0.1) is 5.92 Å². The molecule has 1 fully saturated rings. The minimum Gasteiger partial charge on any atom is -0.301 e. The molecule has 0 bridgehead atoms. The molecule has 0 amide bonds. The maximum Gasteiger partial charge on any atom is 0.0110 e. The second-order valence-corrected chi connectivity index (χ2v) is 7.01. The van der Waals surface area contributed by atoms with Crippen LogP contribution in [0.5, 0.6) is 0 Å². The lowest BCUT2D eigenvalue weighted by atomic mass is 10.1. The topological polar surface area (TPSA) is 6.48 Å². The Kier molecular flexibility index (Phi) is 10.4. The van der Waals surface area contributed by atoms with Gasteiger partial charge in [-0.05, 0) is 18.9 Å². The molecular formula is C18H38N2. The molecule has 0 aliphatic carbocycles. The molecule has 0 aromatic rings. The molecule has 0 aromatic heterocycles. The molecule has 0 aromatic carbocycles. The predicted molar refractivity (Wildman–Crippen MR) is 90.3 cm³/mol. The Bertz CT molecular complexity index is 207. The number of hydrogen-bond donors (Lipinski definition) is 0. The maximum atomic E-state index is 2.67. The summed E-state index contributed by atoms with van der Waals surface area (Å²) in [7, 11) is 0. The van der Waals surface area contributed by atoms with Gasteiger partial charge in [-0.3, -0.25) is 0 Å². The number of rotatable bonds is 11. The van der Waals surface area contributed by atoms with E-state index in [1.54, 1.807) is 0 Å². The van der Waals surface area contributed by atoms with Crippen molar-refractivity contribution in [2.75, 3.05) is 39.3 Å². The van der Waals surface area contributed by atoms with E-state index in [1.807, 2.05) is 0 Å². The number of nitrogens with zero attached hydrogens (tertiary/aromatic N) is 2. The molecule has 0 spiro atoms. The van der Waals surface area contributed by atoms with Crippen molar-refractivity contribution in [3.63, 3.8) is 0 Å². The van der Waals surface area contributed by atoms with Gasteiger partial charge in [0.2, 0.25) is 0 Å². The van der Waals surface area contributed by atoms with Crippen LogP contribution in [0.4, 0.5) is 0 Å². The Hall–Kier alpha value is -0.0800. The second-order valence-electron chi connectivity index (χ2n) is 7.01. The third kappa shape index (κ3) is 8.97. The summed E-state index contributed by atoms with van der Waals surface area (Å²) in [6, 6.07) is 0. The summed E-state index contributed by atoms with van der Waals surface area (Å²) in [5.41, 5.74) is 0. The Morgan fingerprint density at radius 3 is 1.75 bits per heavy atom. The second kappa shape index (κ2) is 11.6. The standard InChI is InChI=1S/C18H38N2/c1-4-5-6-7-8-9-10-11-12-19-13-15-20(16-14-19)17-18(2)3/h18H,4-17H2,1-3H3. The Labute approximate surface area is 127 Å². The summed E-state index contributed by atoms with van der Waals surface area (Å²) in [6.07, 6.45) is 11.5. The first-order valence-electron chi connectivity index (χ1n) is 9.17. The first kappa shape index (κ1) is 18.0. The SMILES string of the molecule is CCCCCCCCCCN1CCN(CC(C)C)CC1. The zero-order valence-corrected chi connectivity index (χ0v) is 14.4. The lowest BCUT2D eigenvalue weighted by molar-refractivity contribution is 0.121. The number of hydrogen-bond acceptors (Lipinski definition) is 2. The molecule has 0 saturated carbocycles. The van der Waals surface area contributed by atoms with Crippen LogP contribution in [0.15, 0.2) is 0 Å². The summed E-state index contributed by atoms with van der Waals surface area (Å²) >= 11 is 0. The molecule has 0 unspecified atom stereocenters. The highest BCUT2D eigenvalue weighted by atomic mass is 15.3. The molecule has 20 heavy (non-hydrogen) atoms. The van der Waals surface area contributed by atoms with Crippen molar-refractivity contribution in [2.24, 2.45) is 5.92 Å². The molecule has 1 aliphatic rings. The molecule has 1 aliphatic heterocycles. The van der Waals surface area contributed by atoms with E-state index in [2.05, 4.69) is 30.6 Å². The Morgan fingerprint density at radius 1 is 0.700 bits per heavy atom. The minimum absolute atomic E-state index is 0.814. The Balaban J connectivity index is 1.89. The first-order chi connectivity index (χ1) is 9.72. The summed E-state index contributed by atoms with van der Waals surface area (Å²) in [5.74, 6) is 0.814. The monoisotopic (exact) mass is 282 g/mol. The number of piperazine rings is 1. The van der Waals surface area contributed by atoms with E-state index in [4.69, 9.17) is 0 Å². The quantitative estimate of drug-likeness (QED) is 0.518. The average Bonchev–Trinajstić information content (AvgIpc) is 2.43. The van der Waals surface area contributed by atoms with E-state index in [-0.39, 0.29) is 0 Å².